The average molecular weight is 151 g/mol. The first-order valence-corrected chi connectivity index (χ1v) is 4.01. The molecule has 2 rings (SSSR count). The number of aryl methyl sites for hydroxylation is 2. The van der Waals surface area contributed by atoms with Gasteiger partial charge in [0.2, 0.25) is 0 Å². The molecule has 1 saturated heterocycles. The lowest BCUT2D eigenvalue weighted by atomic mass is 10.0. The van der Waals surface area contributed by atoms with Gasteiger partial charge in [-0.3, -0.25) is 0 Å². The molecule has 3 heteroatoms. The Kier molecular flexibility index (Phi) is 1.46. The molecule has 2 heterocycles. The van der Waals surface area contributed by atoms with Crippen LogP contribution in [0.25, 0.3) is 0 Å². The summed E-state index contributed by atoms with van der Waals surface area (Å²) < 4.78 is 0. The Hall–Kier alpha value is -0.830. The molecule has 11 heavy (non-hydrogen) atoms. The summed E-state index contributed by atoms with van der Waals surface area (Å²) in [6.45, 7) is 6.26. The highest BCUT2D eigenvalue weighted by atomic mass is 15.0. The van der Waals surface area contributed by atoms with Gasteiger partial charge in [-0.25, -0.2) is 4.98 Å². The van der Waals surface area contributed by atoms with Gasteiger partial charge in [-0.15, -0.1) is 0 Å². The molecule has 0 atom stereocenters. The highest BCUT2D eigenvalue weighted by Crippen LogP contribution is 2.17. The molecule has 0 bridgehead atoms. The number of H-pyrrole nitrogens is 1. The van der Waals surface area contributed by atoms with Crippen molar-refractivity contribution in [2.45, 2.75) is 19.8 Å². The molecular formula is C8H13N3. The standard InChI is InChI=1S/C8H13N3/c1-5-6(2)11-8(10-5)7-3-9-4-7/h7,9H,3-4H2,1-2H3,(H,10,11). The van der Waals surface area contributed by atoms with E-state index in [1.807, 2.05) is 6.92 Å². The third-order valence-electron chi connectivity index (χ3n) is 2.31. The number of hydrogen-bond acceptors (Lipinski definition) is 2. The number of rotatable bonds is 1. The molecular weight excluding hydrogens is 138 g/mol. The van der Waals surface area contributed by atoms with E-state index in [2.05, 4.69) is 22.2 Å². The quantitative estimate of drug-likeness (QED) is 0.620. The molecule has 1 aliphatic rings. The second-order valence-electron chi connectivity index (χ2n) is 3.19. The van der Waals surface area contributed by atoms with Crippen LogP contribution in [0.4, 0.5) is 0 Å². The van der Waals surface area contributed by atoms with E-state index in [0.717, 1.165) is 24.6 Å². The summed E-state index contributed by atoms with van der Waals surface area (Å²) in [7, 11) is 0. The molecule has 1 aromatic rings. The second-order valence-corrected chi connectivity index (χ2v) is 3.19. The third-order valence-corrected chi connectivity index (χ3v) is 2.31. The van der Waals surface area contributed by atoms with Crippen LogP contribution in [0.2, 0.25) is 0 Å². The van der Waals surface area contributed by atoms with Crippen LogP contribution in [0.3, 0.4) is 0 Å². The van der Waals surface area contributed by atoms with E-state index in [4.69, 9.17) is 0 Å². The van der Waals surface area contributed by atoms with E-state index < -0.39 is 0 Å². The Labute approximate surface area is 66.2 Å². The maximum atomic E-state index is 4.44. The summed E-state index contributed by atoms with van der Waals surface area (Å²) in [4.78, 5) is 7.73. The molecule has 1 aromatic heterocycles. The average Bonchev–Trinajstić information content (AvgIpc) is 2.08. The van der Waals surface area contributed by atoms with Gasteiger partial charge in [0.25, 0.3) is 0 Å². The summed E-state index contributed by atoms with van der Waals surface area (Å²) in [5, 5.41) is 3.23. The Morgan fingerprint density at radius 2 is 2.09 bits per heavy atom. The Morgan fingerprint density at radius 3 is 2.45 bits per heavy atom. The van der Waals surface area contributed by atoms with Crippen LogP contribution in [-0.4, -0.2) is 23.1 Å². The molecule has 3 nitrogen and oxygen atoms in total. The molecule has 0 aromatic carbocycles. The van der Waals surface area contributed by atoms with Crippen LogP contribution >= 0.6 is 0 Å². The number of imidazole rings is 1. The van der Waals surface area contributed by atoms with Gasteiger partial charge in [-0.2, -0.15) is 0 Å². The summed E-state index contributed by atoms with van der Waals surface area (Å²) in [5.74, 6) is 1.78. The normalized spacial score (nSPS) is 18.4. The lowest BCUT2D eigenvalue weighted by Gasteiger charge is -2.24. The molecule has 0 spiro atoms. The largest absolute Gasteiger partial charge is 0.346 e. The van der Waals surface area contributed by atoms with Crippen molar-refractivity contribution >= 4 is 0 Å². The fraction of sp³-hybridized carbons (Fsp3) is 0.625. The van der Waals surface area contributed by atoms with Crippen LogP contribution in [0, 0.1) is 13.8 Å². The van der Waals surface area contributed by atoms with Gasteiger partial charge in [0.15, 0.2) is 0 Å². The van der Waals surface area contributed by atoms with Crippen molar-refractivity contribution in [3.05, 3.63) is 17.2 Å². The molecule has 0 amide bonds. The van der Waals surface area contributed by atoms with Gasteiger partial charge in [-0.1, -0.05) is 0 Å². The van der Waals surface area contributed by atoms with Crippen molar-refractivity contribution in [2.75, 3.05) is 13.1 Å². The lowest BCUT2D eigenvalue weighted by molar-refractivity contribution is 0.432. The summed E-state index contributed by atoms with van der Waals surface area (Å²) in [6, 6.07) is 0. The van der Waals surface area contributed by atoms with Crippen LogP contribution in [0.5, 0.6) is 0 Å². The van der Waals surface area contributed by atoms with Crippen molar-refractivity contribution < 1.29 is 0 Å². The highest BCUT2D eigenvalue weighted by Gasteiger charge is 2.21. The Bertz CT molecular complexity index is 241. The number of nitrogens with zero attached hydrogens (tertiary/aromatic N) is 1. The molecule has 0 saturated carbocycles. The van der Waals surface area contributed by atoms with Gasteiger partial charge < -0.3 is 10.3 Å². The highest BCUT2D eigenvalue weighted by molar-refractivity contribution is 5.15. The lowest BCUT2D eigenvalue weighted by Crippen LogP contribution is -2.40. The third kappa shape index (κ3) is 1.05. The van der Waals surface area contributed by atoms with Crippen molar-refractivity contribution in [1.82, 2.24) is 15.3 Å². The number of aromatic amines is 1. The van der Waals surface area contributed by atoms with E-state index in [-0.39, 0.29) is 0 Å². The first kappa shape index (κ1) is 6.85. The maximum Gasteiger partial charge on any atom is 0.112 e. The van der Waals surface area contributed by atoms with Gasteiger partial charge in [0.1, 0.15) is 5.82 Å². The van der Waals surface area contributed by atoms with E-state index in [1.54, 1.807) is 0 Å². The first-order chi connectivity index (χ1) is 5.27. The molecule has 0 radical (unpaired) electrons. The monoisotopic (exact) mass is 151 g/mol. The smallest absolute Gasteiger partial charge is 0.112 e. The molecule has 1 aliphatic heterocycles. The van der Waals surface area contributed by atoms with Gasteiger partial charge in [0, 0.05) is 24.7 Å². The zero-order valence-corrected chi connectivity index (χ0v) is 6.94. The predicted molar refractivity (Wildman–Crippen MR) is 43.7 cm³/mol. The number of hydrogen-bond donors (Lipinski definition) is 2. The van der Waals surface area contributed by atoms with Crippen molar-refractivity contribution in [1.29, 1.82) is 0 Å². The van der Waals surface area contributed by atoms with E-state index in [0.29, 0.717) is 5.92 Å². The Morgan fingerprint density at radius 1 is 1.36 bits per heavy atom. The number of nitrogens with one attached hydrogen (secondary N) is 2. The fourth-order valence-corrected chi connectivity index (χ4v) is 1.25. The summed E-state index contributed by atoms with van der Waals surface area (Å²) in [5.41, 5.74) is 2.33. The molecule has 1 fully saturated rings. The van der Waals surface area contributed by atoms with Gasteiger partial charge in [0.05, 0.1) is 5.69 Å². The molecule has 0 unspecified atom stereocenters. The van der Waals surface area contributed by atoms with Crippen molar-refractivity contribution in [3.8, 4) is 0 Å². The molecule has 2 N–H and O–H groups in total. The number of aromatic nitrogens is 2. The molecule has 0 aliphatic carbocycles. The minimum absolute atomic E-state index is 0.627. The topological polar surface area (TPSA) is 40.7 Å². The van der Waals surface area contributed by atoms with E-state index in [9.17, 15) is 0 Å². The minimum atomic E-state index is 0.627. The van der Waals surface area contributed by atoms with Crippen LogP contribution in [-0.2, 0) is 0 Å². The van der Waals surface area contributed by atoms with Gasteiger partial charge in [-0.05, 0) is 13.8 Å². The van der Waals surface area contributed by atoms with Crippen LogP contribution in [0.1, 0.15) is 23.1 Å². The minimum Gasteiger partial charge on any atom is -0.346 e. The van der Waals surface area contributed by atoms with Crippen LogP contribution in [0.15, 0.2) is 0 Å². The van der Waals surface area contributed by atoms with Gasteiger partial charge >= 0.3 is 0 Å². The van der Waals surface area contributed by atoms with E-state index >= 15 is 0 Å². The second kappa shape index (κ2) is 2.34. The maximum absolute atomic E-state index is 4.44. The predicted octanol–water partition coefficient (Wildman–Crippen LogP) is 0.713. The van der Waals surface area contributed by atoms with E-state index in [1.165, 1.54) is 5.69 Å². The summed E-state index contributed by atoms with van der Waals surface area (Å²) in [6.07, 6.45) is 0. The zero-order valence-electron chi connectivity index (χ0n) is 6.94. The van der Waals surface area contributed by atoms with Crippen LogP contribution < -0.4 is 5.32 Å². The zero-order chi connectivity index (χ0) is 7.84. The summed E-state index contributed by atoms with van der Waals surface area (Å²) >= 11 is 0. The van der Waals surface area contributed by atoms with Crippen molar-refractivity contribution in [2.24, 2.45) is 0 Å². The molecule has 60 valence electrons. The Balaban J connectivity index is 2.24. The SMILES string of the molecule is Cc1nc(C2CNC2)[nH]c1C. The van der Waals surface area contributed by atoms with Crippen molar-refractivity contribution in [3.63, 3.8) is 0 Å². The first-order valence-electron chi connectivity index (χ1n) is 4.01. The fourth-order valence-electron chi connectivity index (χ4n) is 1.25.